The van der Waals surface area contributed by atoms with Gasteiger partial charge in [-0.3, -0.25) is 0 Å². The molecule has 1 saturated heterocycles. The van der Waals surface area contributed by atoms with Crippen LogP contribution in [-0.2, 0) is 19.5 Å². The fourth-order valence-corrected chi connectivity index (χ4v) is 3.76. The molecule has 0 aliphatic carbocycles. The lowest BCUT2D eigenvalue weighted by Gasteiger charge is -2.30. The number of ether oxygens (including phenoxy) is 2. The summed E-state index contributed by atoms with van der Waals surface area (Å²) in [7, 11) is -2.27. The highest BCUT2D eigenvalue weighted by Gasteiger charge is 2.30. The molecule has 1 heterocycles. The molecule has 2 rings (SSSR count). The summed E-state index contributed by atoms with van der Waals surface area (Å²) >= 11 is 0. The van der Waals surface area contributed by atoms with Crippen LogP contribution in [0.2, 0.25) is 0 Å². The number of halogens is 1. The van der Waals surface area contributed by atoms with Crippen LogP contribution >= 0.6 is 0 Å². The molecule has 20 heavy (non-hydrogen) atoms. The zero-order valence-corrected chi connectivity index (χ0v) is 12.2. The van der Waals surface area contributed by atoms with Crippen molar-refractivity contribution >= 4 is 10.0 Å². The van der Waals surface area contributed by atoms with Crippen LogP contribution < -0.4 is 4.72 Å². The first-order valence-corrected chi connectivity index (χ1v) is 7.81. The molecule has 0 aromatic heterocycles. The fourth-order valence-electron chi connectivity index (χ4n) is 2.21. The van der Waals surface area contributed by atoms with Gasteiger partial charge in [0.2, 0.25) is 10.0 Å². The van der Waals surface area contributed by atoms with Crippen LogP contribution in [0.3, 0.4) is 0 Å². The van der Waals surface area contributed by atoms with Crippen LogP contribution in [0, 0.1) is 12.7 Å². The third-order valence-corrected chi connectivity index (χ3v) is 4.98. The highest BCUT2D eigenvalue weighted by Crippen LogP contribution is 2.19. The lowest BCUT2D eigenvalue weighted by molar-refractivity contribution is -0.0448. The molecular weight excluding hydrogens is 285 g/mol. The number of methoxy groups -OCH3 is 1. The number of hydrogen-bond acceptors (Lipinski definition) is 4. The molecule has 112 valence electrons. The van der Waals surface area contributed by atoms with E-state index in [0.29, 0.717) is 25.2 Å². The summed E-state index contributed by atoms with van der Waals surface area (Å²) in [5.74, 6) is -0.578. The van der Waals surface area contributed by atoms with Gasteiger partial charge < -0.3 is 9.47 Å². The summed E-state index contributed by atoms with van der Waals surface area (Å²) in [6, 6.07) is 3.34. The Labute approximate surface area is 118 Å². The van der Waals surface area contributed by atoms with Crippen LogP contribution in [0.1, 0.15) is 12.0 Å². The molecule has 0 unspecified atom stereocenters. The minimum Gasteiger partial charge on any atom is -0.379 e. The standard InChI is InChI=1S/C13H18FNO4S/c1-9-3-4-10(14)7-13(9)20(16,17)15-11-5-6-19-8-12(11)18-2/h3-4,7,11-12,15H,5-6,8H2,1-2H3/t11-,12-/m1/s1. The van der Waals surface area contributed by atoms with Crippen molar-refractivity contribution in [2.45, 2.75) is 30.4 Å². The minimum atomic E-state index is -3.78. The Balaban J connectivity index is 2.24. The molecule has 0 bridgehead atoms. The minimum absolute atomic E-state index is 0.0427. The average molecular weight is 303 g/mol. The van der Waals surface area contributed by atoms with E-state index >= 15 is 0 Å². The molecule has 0 saturated carbocycles. The third kappa shape index (κ3) is 3.35. The molecular formula is C13H18FNO4S. The van der Waals surface area contributed by atoms with Gasteiger partial charge in [0.1, 0.15) is 5.82 Å². The molecule has 1 fully saturated rings. The highest BCUT2D eigenvalue weighted by atomic mass is 32.2. The van der Waals surface area contributed by atoms with Gasteiger partial charge in [-0.25, -0.2) is 17.5 Å². The second-order valence-corrected chi connectivity index (χ2v) is 6.46. The van der Waals surface area contributed by atoms with Gasteiger partial charge in [-0.05, 0) is 31.0 Å². The Morgan fingerprint density at radius 3 is 2.90 bits per heavy atom. The Morgan fingerprint density at radius 2 is 2.20 bits per heavy atom. The molecule has 2 atom stereocenters. The zero-order valence-electron chi connectivity index (χ0n) is 11.4. The average Bonchev–Trinajstić information content (AvgIpc) is 2.41. The highest BCUT2D eigenvalue weighted by molar-refractivity contribution is 7.89. The number of nitrogens with one attached hydrogen (secondary N) is 1. The van der Waals surface area contributed by atoms with Crippen LogP contribution in [-0.4, -0.2) is 40.9 Å². The van der Waals surface area contributed by atoms with Gasteiger partial charge in [0, 0.05) is 13.7 Å². The van der Waals surface area contributed by atoms with Crippen molar-refractivity contribution in [2.24, 2.45) is 0 Å². The summed E-state index contributed by atoms with van der Waals surface area (Å²) in [4.78, 5) is -0.0427. The van der Waals surface area contributed by atoms with E-state index in [0.717, 1.165) is 6.07 Å². The Hall–Kier alpha value is -1.02. The Bertz CT molecular complexity index is 576. The van der Waals surface area contributed by atoms with Crippen molar-refractivity contribution in [1.82, 2.24) is 4.72 Å². The summed E-state index contributed by atoms with van der Waals surface area (Å²) in [5, 5.41) is 0. The van der Waals surface area contributed by atoms with Gasteiger partial charge in [0.25, 0.3) is 0 Å². The van der Waals surface area contributed by atoms with E-state index < -0.39 is 15.8 Å². The number of sulfonamides is 1. The van der Waals surface area contributed by atoms with Crippen molar-refractivity contribution in [3.8, 4) is 0 Å². The third-order valence-electron chi connectivity index (χ3n) is 3.35. The van der Waals surface area contributed by atoms with Crippen molar-refractivity contribution in [1.29, 1.82) is 0 Å². The first-order chi connectivity index (χ1) is 9.44. The molecule has 1 aliphatic rings. The maximum atomic E-state index is 13.3. The van der Waals surface area contributed by atoms with E-state index in [1.165, 1.54) is 19.2 Å². The predicted molar refractivity (Wildman–Crippen MR) is 71.5 cm³/mol. The summed E-state index contributed by atoms with van der Waals surface area (Å²) in [6.07, 6.45) is 0.180. The molecule has 0 amide bonds. The summed E-state index contributed by atoms with van der Waals surface area (Å²) < 4.78 is 51.0. The second kappa shape index (κ2) is 6.17. The van der Waals surface area contributed by atoms with Gasteiger partial charge >= 0.3 is 0 Å². The Kier molecular flexibility index (Phi) is 4.74. The predicted octanol–water partition coefficient (Wildman–Crippen LogP) is 1.22. The quantitative estimate of drug-likeness (QED) is 0.908. The molecule has 1 aromatic rings. The first kappa shape index (κ1) is 15.4. The van der Waals surface area contributed by atoms with Gasteiger partial charge in [-0.2, -0.15) is 0 Å². The van der Waals surface area contributed by atoms with Gasteiger partial charge in [-0.1, -0.05) is 6.07 Å². The molecule has 0 spiro atoms. The topological polar surface area (TPSA) is 64.6 Å². The van der Waals surface area contributed by atoms with E-state index in [1.807, 2.05) is 0 Å². The molecule has 0 radical (unpaired) electrons. The van der Waals surface area contributed by atoms with E-state index in [2.05, 4.69) is 4.72 Å². The number of rotatable bonds is 4. The normalized spacial score (nSPS) is 23.8. The van der Waals surface area contributed by atoms with Gasteiger partial charge in [0.15, 0.2) is 0 Å². The lowest BCUT2D eigenvalue weighted by atomic mass is 10.1. The summed E-state index contributed by atoms with van der Waals surface area (Å²) in [6.45, 7) is 2.44. The van der Waals surface area contributed by atoms with E-state index in [1.54, 1.807) is 6.92 Å². The monoisotopic (exact) mass is 303 g/mol. The number of benzene rings is 1. The lowest BCUT2D eigenvalue weighted by Crippen LogP contribution is -2.49. The van der Waals surface area contributed by atoms with Crippen LogP contribution in [0.15, 0.2) is 23.1 Å². The molecule has 5 nitrogen and oxygen atoms in total. The molecule has 1 N–H and O–H groups in total. The number of hydrogen-bond donors (Lipinski definition) is 1. The molecule has 7 heteroatoms. The second-order valence-electron chi connectivity index (χ2n) is 4.78. The van der Waals surface area contributed by atoms with Gasteiger partial charge in [0.05, 0.1) is 23.6 Å². The van der Waals surface area contributed by atoms with Crippen molar-refractivity contribution in [2.75, 3.05) is 20.3 Å². The Morgan fingerprint density at radius 1 is 1.45 bits per heavy atom. The van der Waals surface area contributed by atoms with Crippen LogP contribution in [0.5, 0.6) is 0 Å². The van der Waals surface area contributed by atoms with E-state index in [9.17, 15) is 12.8 Å². The maximum Gasteiger partial charge on any atom is 0.241 e. The van der Waals surface area contributed by atoms with Crippen LogP contribution in [0.25, 0.3) is 0 Å². The van der Waals surface area contributed by atoms with Gasteiger partial charge in [-0.15, -0.1) is 0 Å². The number of aryl methyl sites for hydroxylation is 1. The zero-order chi connectivity index (χ0) is 14.8. The van der Waals surface area contributed by atoms with E-state index in [4.69, 9.17) is 9.47 Å². The van der Waals surface area contributed by atoms with Crippen molar-refractivity contribution in [3.05, 3.63) is 29.6 Å². The maximum absolute atomic E-state index is 13.3. The first-order valence-electron chi connectivity index (χ1n) is 6.33. The van der Waals surface area contributed by atoms with Crippen LogP contribution in [0.4, 0.5) is 4.39 Å². The SMILES string of the molecule is CO[C@@H]1COCC[C@H]1NS(=O)(=O)c1cc(F)ccc1C. The largest absolute Gasteiger partial charge is 0.379 e. The van der Waals surface area contributed by atoms with Crippen molar-refractivity contribution < 1.29 is 22.3 Å². The van der Waals surface area contributed by atoms with Crippen molar-refractivity contribution in [3.63, 3.8) is 0 Å². The van der Waals surface area contributed by atoms with E-state index in [-0.39, 0.29) is 17.0 Å². The molecule has 1 aromatic carbocycles. The fraction of sp³-hybridized carbons (Fsp3) is 0.538. The molecule has 1 aliphatic heterocycles. The smallest absolute Gasteiger partial charge is 0.241 e. The summed E-state index contributed by atoms with van der Waals surface area (Å²) in [5.41, 5.74) is 0.500.